The monoisotopic (exact) mass is 313 g/mol. The van der Waals surface area contributed by atoms with Crippen LogP contribution in [0.1, 0.15) is 27.8 Å². The lowest BCUT2D eigenvalue weighted by atomic mass is 10.2. The molecule has 0 radical (unpaired) electrons. The summed E-state index contributed by atoms with van der Waals surface area (Å²) in [6, 6.07) is 8.39. The molecule has 1 aliphatic rings. The van der Waals surface area contributed by atoms with Crippen LogP contribution in [0.5, 0.6) is 0 Å². The number of aryl methyl sites for hydroxylation is 1. The largest absolute Gasteiger partial charge is 0.336 e. The van der Waals surface area contributed by atoms with Crippen molar-refractivity contribution in [2.75, 3.05) is 13.1 Å². The SMILES string of the molecule is Cc1nnsc1C(=O)N1CC[C@H](n2ncc3ccccc32)C1. The third-order valence-electron chi connectivity index (χ3n) is 4.15. The zero-order valence-corrected chi connectivity index (χ0v) is 13.0. The third kappa shape index (κ3) is 2.09. The van der Waals surface area contributed by atoms with Crippen molar-refractivity contribution in [2.24, 2.45) is 0 Å². The lowest BCUT2D eigenvalue weighted by Gasteiger charge is -2.16. The second-order valence-electron chi connectivity index (χ2n) is 5.53. The molecule has 22 heavy (non-hydrogen) atoms. The van der Waals surface area contributed by atoms with Gasteiger partial charge in [-0.2, -0.15) is 5.10 Å². The van der Waals surface area contributed by atoms with E-state index in [0.29, 0.717) is 17.1 Å². The highest BCUT2D eigenvalue weighted by molar-refractivity contribution is 7.07. The maximum Gasteiger partial charge on any atom is 0.267 e. The molecule has 3 aromatic rings. The predicted molar refractivity (Wildman–Crippen MR) is 83.9 cm³/mol. The molecule has 7 heteroatoms. The molecule has 0 unspecified atom stereocenters. The number of carbonyl (C=O) groups excluding carboxylic acids is 1. The van der Waals surface area contributed by atoms with Crippen molar-refractivity contribution < 1.29 is 4.79 Å². The Morgan fingerprint density at radius 3 is 3.05 bits per heavy atom. The Kier molecular flexibility index (Phi) is 3.15. The third-order valence-corrected chi connectivity index (χ3v) is 4.96. The van der Waals surface area contributed by atoms with Crippen LogP contribution in [0, 0.1) is 6.92 Å². The van der Waals surface area contributed by atoms with Crippen LogP contribution in [-0.4, -0.2) is 43.3 Å². The zero-order valence-electron chi connectivity index (χ0n) is 12.1. The van der Waals surface area contributed by atoms with Crippen LogP contribution in [0.15, 0.2) is 30.5 Å². The standard InChI is InChI=1S/C15H15N5OS/c1-10-14(22-18-17-10)15(21)19-7-6-12(9-19)20-13-5-3-2-4-11(13)8-16-20/h2-5,8,12H,6-7,9H2,1H3/t12-/m0/s1. The summed E-state index contributed by atoms with van der Waals surface area (Å²) in [6.45, 7) is 3.25. The Hall–Kier alpha value is -2.28. The van der Waals surface area contributed by atoms with E-state index in [0.717, 1.165) is 23.9 Å². The van der Waals surface area contributed by atoms with Crippen LogP contribution in [0.25, 0.3) is 10.9 Å². The molecule has 1 aromatic carbocycles. The van der Waals surface area contributed by atoms with Crippen molar-refractivity contribution in [1.29, 1.82) is 0 Å². The number of hydrogen-bond donors (Lipinski definition) is 0. The molecule has 112 valence electrons. The van der Waals surface area contributed by atoms with Crippen molar-refractivity contribution in [3.8, 4) is 0 Å². The number of benzene rings is 1. The predicted octanol–water partition coefficient (Wildman–Crippen LogP) is 2.28. The van der Waals surface area contributed by atoms with Gasteiger partial charge in [-0.15, -0.1) is 5.10 Å². The Balaban J connectivity index is 1.58. The number of carbonyl (C=O) groups is 1. The molecule has 0 bridgehead atoms. The van der Waals surface area contributed by atoms with Crippen molar-refractivity contribution in [1.82, 2.24) is 24.3 Å². The van der Waals surface area contributed by atoms with Gasteiger partial charge in [0, 0.05) is 18.5 Å². The van der Waals surface area contributed by atoms with E-state index in [1.807, 2.05) is 34.8 Å². The van der Waals surface area contributed by atoms with Crippen molar-refractivity contribution in [3.05, 3.63) is 41.0 Å². The molecule has 4 rings (SSSR count). The fraction of sp³-hybridized carbons (Fsp3) is 0.333. The first-order chi connectivity index (χ1) is 10.7. The number of likely N-dealkylation sites (tertiary alicyclic amines) is 1. The van der Waals surface area contributed by atoms with Crippen LogP contribution in [-0.2, 0) is 0 Å². The Morgan fingerprint density at radius 2 is 2.23 bits per heavy atom. The normalized spacial score (nSPS) is 18.2. The molecule has 2 aromatic heterocycles. The van der Waals surface area contributed by atoms with Crippen LogP contribution < -0.4 is 0 Å². The van der Waals surface area contributed by atoms with Crippen molar-refractivity contribution in [3.63, 3.8) is 0 Å². The number of hydrogen-bond acceptors (Lipinski definition) is 5. The first-order valence-corrected chi connectivity index (χ1v) is 8.02. The molecular weight excluding hydrogens is 298 g/mol. The average Bonchev–Trinajstić information content (AvgIpc) is 3.25. The summed E-state index contributed by atoms with van der Waals surface area (Å²) in [5, 5.41) is 9.56. The second kappa shape index (κ2) is 5.17. The van der Waals surface area contributed by atoms with Gasteiger partial charge >= 0.3 is 0 Å². The summed E-state index contributed by atoms with van der Waals surface area (Å²) in [4.78, 5) is 15.1. The molecule has 0 saturated carbocycles. The van der Waals surface area contributed by atoms with Gasteiger partial charge in [0.05, 0.1) is 23.4 Å². The van der Waals surface area contributed by atoms with E-state index in [1.165, 1.54) is 11.5 Å². The van der Waals surface area contributed by atoms with Gasteiger partial charge in [-0.05, 0) is 30.9 Å². The van der Waals surface area contributed by atoms with Crippen LogP contribution in [0.4, 0.5) is 0 Å². The quantitative estimate of drug-likeness (QED) is 0.728. The van der Waals surface area contributed by atoms with E-state index in [2.05, 4.69) is 26.8 Å². The molecule has 1 saturated heterocycles. The number of nitrogens with zero attached hydrogens (tertiary/aromatic N) is 5. The molecule has 6 nitrogen and oxygen atoms in total. The summed E-state index contributed by atoms with van der Waals surface area (Å²) < 4.78 is 5.89. The molecule has 1 fully saturated rings. The van der Waals surface area contributed by atoms with Gasteiger partial charge in [0.25, 0.3) is 5.91 Å². The number of fused-ring (bicyclic) bond motifs is 1. The van der Waals surface area contributed by atoms with E-state index in [1.54, 1.807) is 0 Å². The van der Waals surface area contributed by atoms with E-state index in [9.17, 15) is 4.79 Å². The fourth-order valence-electron chi connectivity index (χ4n) is 2.98. The van der Waals surface area contributed by atoms with Gasteiger partial charge in [0.2, 0.25) is 0 Å². The summed E-state index contributed by atoms with van der Waals surface area (Å²) >= 11 is 1.17. The molecule has 3 heterocycles. The fourth-order valence-corrected chi connectivity index (χ4v) is 3.61. The Morgan fingerprint density at radius 1 is 1.36 bits per heavy atom. The van der Waals surface area contributed by atoms with Gasteiger partial charge in [-0.3, -0.25) is 9.48 Å². The molecule has 1 aliphatic heterocycles. The molecular formula is C15H15N5OS. The van der Waals surface area contributed by atoms with Crippen molar-refractivity contribution >= 4 is 28.3 Å². The molecule has 1 atom stereocenters. The maximum atomic E-state index is 12.5. The Labute approximate surface area is 131 Å². The highest BCUT2D eigenvalue weighted by Gasteiger charge is 2.30. The van der Waals surface area contributed by atoms with Gasteiger partial charge in [0.1, 0.15) is 4.88 Å². The van der Waals surface area contributed by atoms with E-state index < -0.39 is 0 Å². The van der Waals surface area contributed by atoms with Gasteiger partial charge < -0.3 is 4.90 Å². The van der Waals surface area contributed by atoms with Gasteiger partial charge in [-0.1, -0.05) is 22.7 Å². The first-order valence-electron chi connectivity index (χ1n) is 7.24. The Bertz CT molecular complexity index is 839. The maximum absolute atomic E-state index is 12.5. The second-order valence-corrected chi connectivity index (χ2v) is 6.28. The lowest BCUT2D eigenvalue weighted by molar-refractivity contribution is 0.0791. The zero-order chi connectivity index (χ0) is 15.1. The van der Waals surface area contributed by atoms with E-state index >= 15 is 0 Å². The highest BCUT2D eigenvalue weighted by atomic mass is 32.1. The minimum Gasteiger partial charge on any atom is -0.336 e. The molecule has 0 N–H and O–H groups in total. The lowest BCUT2D eigenvalue weighted by Crippen LogP contribution is -2.29. The summed E-state index contributed by atoms with van der Waals surface area (Å²) in [5.74, 6) is 0.0338. The van der Waals surface area contributed by atoms with Gasteiger partial charge in [-0.25, -0.2) is 0 Å². The van der Waals surface area contributed by atoms with Crippen LogP contribution in [0.3, 0.4) is 0 Å². The van der Waals surface area contributed by atoms with E-state index in [4.69, 9.17) is 0 Å². The average molecular weight is 313 g/mol. The van der Waals surface area contributed by atoms with Crippen LogP contribution in [0.2, 0.25) is 0 Å². The first kappa shape index (κ1) is 13.4. The van der Waals surface area contributed by atoms with Crippen LogP contribution >= 0.6 is 11.5 Å². The summed E-state index contributed by atoms with van der Waals surface area (Å²) in [7, 11) is 0. The minimum atomic E-state index is 0.0338. The topological polar surface area (TPSA) is 63.9 Å². The minimum absolute atomic E-state index is 0.0338. The molecule has 0 spiro atoms. The summed E-state index contributed by atoms with van der Waals surface area (Å²) in [5.41, 5.74) is 1.83. The number of amides is 1. The smallest absolute Gasteiger partial charge is 0.267 e. The number of para-hydroxylation sites is 1. The molecule has 1 amide bonds. The van der Waals surface area contributed by atoms with Crippen molar-refractivity contribution in [2.45, 2.75) is 19.4 Å². The highest BCUT2D eigenvalue weighted by Crippen LogP contribution is 2.27. The van der Waals surface area contributed by atoms with Gasteiger partial charge in [0.15, 0.2) is 0 Å². The van der Waals surface area contributed by atoms with E-state index in [-0.39, 0.29) is 11.9 Å². The molecule has 0 aliphatic carbocycles. The number of aromatic nitrogens is 4. The summed E-state index contributed by atoms with van der Waals surface area (Å²) in [6.07, 6.45) is 2.81. The number of rotatable bonds is 2.